The summed E-state index contributed by atoms with van der Waals surface area (Å²) >= 11 is 0. The van der Waals surface area contributed by atoms with E-state index in [0.29, 0.717) is 0 Å². The van der Waals surface area contributed by atoms with Gasteiger partial charge in [0.05, 0.1) is 0 Å². The molecule has 1 unspecified atom stereocenters. The van der Waals surface area contributed by atoms with E-state index in [1.54, 1.807) is 0 Å². The molecule has 0 fully saturated rings. The van der Waals surface area contributed by atoms with Crippen LogP contribution in [-0.2, 0) is 0 Å². The molecule has 0 spiro atoms. The van der Waals surface area contributed by atoms with Crippen molar-refractivity contribution in [3.63, 3.8) is 0 Å². The first kappa shape index (κ1) is 8.90. The smallest absolute Gasteiger partial charge is 0.213 e. The van der Waals surface area contributed by atoms with Crippen molar-refractivity contribution >= 4 is 0 Å². The third-order valence-corrected chi connectivity index (χ3v) is 2.02. The Balaban J connectivity index is 2.28. The molecule has 0 radical (unpaired) electrons. The fourth-order valence-corrected chi connectivity index (χ4v) is 1.20. The Hall–Kier alpha value is -1.68. The van der Waals surface area contributed by atoms with Crippen molar-refractivity contribution in [2.24, 2.45) is 0 Å². The number of aromatic nitrogens is 2. The largest absolute Gasteiger partial charge is 0.380 e. The first-order valence-electron chi connectivity index (χ1n) is 4.28. The molecule has 2 rings (SSSR count). The zero-order valence-electron chi connectivity index (χ0n) is 7.71. The molecule has 1 N–H and O–H groups in total. The Morgan fingerprint density at radius 3 is 2.57 bits per heavy atom. The molecule has 14 heavy (non-hydrogen) atoms. The van der Waals surface area contributed by atoms with Gasteiger partial charge in [0.2, 0.25) is 12.2 Å². The molecular formula is C10H10N2O2. The van der Waals surface area contributed by atoms with Gasteiger partial charge >= 0.3 is 0 Å². The first-order valence-corrected chi connectivity index (χ1v) is 4.28. The van der Waals surface area contributed by atoms with E-state index < -0.39 is 6.10 Å². The maximum absolute atomic E-state index is 9.79. The van der Waals surface area contributed by atoms with Crippen LogP contribution in [-0.4, -0.2) is 15.2 Å². The van der Waals surface area contributed by atoms with Crippen LogP contribution >= 0.6 is 0 Å². The summed E-state index contributed by atoms with van der Waals surface area (Å²) in [4.78, 5) is 3.79. The number of hydrogen-bond donors (Lipinski definition) is 1. The summed E-state index contributed by atoms with van der Waals surface area (Å²) in [6.07, 6.45) is 0.390. The monoisotopic (exact) mass is 190 g/mol. The van der Waals surface area contributed by atoms with E-state index in [9.17, 15) is 5.11 Å². The number of nitrogens with zero attached hydrogens (tertiary/aromatic N) is 2. The lowest BCUT2D eigenvalue weighted by molar-refractivity contribution is 0.204. The minimum absolute atomic E-state index is 0.286. The van der Waals surface area contributed by atoms with Gasteiger partial charge in [0.25, 0.3) is 0 Å². The van der Waals surface area contributed by atoms with Gasteiger partial charge in [-0.2, -0.15) is 4.98 Å². The molecule has 1 aromatic heterocycles. The maximum atomic E-state index is 9.79. The standard InChI is InChI=1S/C10H10N2O2/c1-7-2-4-8(5-3-7)9(13)10-11-6-14-12-10/h2-6,9,13H,1H3. The highest BCUT2D eigenvalue weighted by Crippen LogP contribution is 2.18. The Bertz CT molecular complexity index is 395. The molecule has 4 heteroatoms. The van der Waals surface area contributed by atoms with Gasteiger partial charge in [-0.1, -0.05) is 35.0 Å². The molecule has 4 nitrogen and oxygen atoms in total. The van der Waals surface area contributed by atoms with E-state index in [0.717, 1.165) is 11.1 Å². The van der Waals surface area contributed by atoms with Crippen molar-refractivity contribution in [2.75, 3.05) is 0 Å². The topological polar surface area (TPSA) is 59.2 Å². The van der Waals surface area contributed by atoms with Crippen LogP contribution in [0, 0.1) is 6.92 Å². The summed E-state index contributed by atoms with van der Waals surface area (Å²) in [6, 6.07) is 7.55. The number of aliphatic hydroxyl groups is 1. The van der Waals surface area contributed by atoms with Gasteiger partial charge < -0.3 is 9.63 Å². The van der Waals surface area contributed by atoms with Gasteiger partial charge in [-0.25, -0.2) is 0 Å². The van der Waals surface area contributed by atoms with Crippen LogP contribution in [0.2, 0.25) is 0 Å². The summed E-state index contributed by atoms with van der Waals surface area (Å²) in [6.45, 7) is 1.99. The molecule has 72 valence electrons. The van der Waals surface area contributed by atoms with Crippen molar-refractivity contribution in [1.29, 1.82) is 0 Å². The maximum Gasteiger partial charge on any atom is 0.213 e. The zero-order chi connectivity index (χ0) is 9.97. The molecule has 1 atom stereocenters. The Kier molecular flexibility index (Phi) is 2.28. The van der Waals surface area contributed by atoms with Crippen molar-refractivity contribution in [1.82, 2.24) is 10.1 Å². The molecule has 0 aliphatic heterocycles. The van der Waals surface area contributed by atoms with Crippen LogP contribution in [0.1, 0.15) is 23.1 Å². The normalized spacial score (nSPS) is 12.7. The van der Waals surface area contributed by atoms with Gasteiger partial charge in [0.15, 0.2) is 0 Å². The summed E-state index contributed by atoms with van der Waals surface area (Å²) in [5.74, 6) is 0.286. The second-order valence-corrected chi connectivity index (χ2v) is 3.10. The number of aliphatic hydroxyl groups excluding tert-OH is 1. The van der Waals surface area contributed by atoms with E-state index >= 15 is 0 Å². The Morgan fingerprint density at radius 2 is 2.00 bits per heavy atom. The highest BCUT2D eigenvalue weighted by molar-refractivity contribution is 5.25. The quantitative estimate of drug-likeness (QED) is 0.778. The molecule has 0 amide bonds. The average molecular weight is 190 g/mol. The van der Waals surface area contributed by atoms with Crippen molar-refractivity contribution in [3.8, 4) is 0 Å². The lowest BCUT2D eigenvalue weighted by Gasteiger charge is -2.05. The van der Waals surface area contributed by atoms with Crippen LogP contribution in [0.5, 0.6) is 0 Å². The molecule has 0 saturated heterocycles. The summed E-state index contributed by atoms with van der Waals surface area (Å²) in [5.41, 5.74) is 1.91. The van der Waals surface area contributed by atoms with Crippen LogP contribution in [0.4, 0.5) is 0 Å². The van der Waals surface area contributed by atoms with E-state index in [4.69, 9.17) is 0 Å². The summed E-state index contributed by atoms with van der Waals surface area (Å²) in [5, 5.41) is 13.4. The van der Waals surface area contributed by atoms with Crippen LogP contribution in [0.3, 0.4) is 0 Å². The molecular weight excluding hydrogens is 180 g/mol. The molecule has 0 aliphatic carbocycles. The molecule has 1 heterocycles. The van der Waals surface area contributed by atoms with E-state index in [1.807, 2.05) is 31.2 Å². The lowest BCUT2D eigenvalue weighted by atomic mass is 10.1. The Morgan fingerprint density at radius 1 is 1.29 bits per heavy atom. The molecule has 2 aromatic rings. The molecule has 0 bridgehead atoms. The lowest BCUT2D eigenvalue weighted by Crippen LogP contribution is -2.01. The summed E-state index contributed by atoms with van der Waals surface area (Å²) in [7, 11) is 0. The van der Waals surface area contributed by atoms with Crippen LogP contribution < -0.4 is 0 Å². The molecule has 0 saturated carbocycles. The van der Waals surface area contributed by atoms with Gasteiger partial charge in [-0.15, -0.1) is 0 Å². The minimum Gasteiger partial charge on any atom is -0.380 e. The number of rotatable bonds is 2. The van der Waals surface area contributed by atoms with Gasteiger partial charge in [-0.3, -0.25) is 0 Å². The van der Waals surface area contributed by atoms with Gasteiger partial charge in [0.1, 0.15) is 6.10 Å². The average Bonchev–Trinajstić information content (AvgIpc) is 2.71. The highest BCUT2D eigenvalue weighted by Gasteiger charge is 2.14. The zero-order valence-corrected chi connectivity index (χ0v) is 7.71. The third-order valence-electron chi connectivity index (χ3n) is 2.02. The highest BCUT2D eigenvalue weighted by atomic mass is 16.5. The number of hydrogen-bond acceptors (Lipinski definition) is 4. The van der Waals surface area contributed by atoms with Crippen molar-refractivity contribution in [3.05, 3.63) is 47.6 Å². The fourth-order valence-electron chi connectivity index (χ4n) is 1.20. The van der Waals surface area contributed by atoms with Crippen molar-refractivity contribution in [2.45, 2.75) is 13.0 Å². The molecule has 1 aromatic carbocycles. The first-order chi connectivity index (χ1) is 6.77. The van der Waals surface area contributed by atoms with E-state index in [1.165, 1.54) is 6.39 Å². The van der Waals surface area contributed by atoms with Crippen LogP contribution in [0.15, 0.2) is 35.2 Å². The second-order valence-electron chi connectivity index (χ2n) is 3.10. The van der Waals surface area contributed by atoms with Gasteiger partial charge in [-0.05, 0) is 12.5 Å². The van der Waals surface area contributed by atoms with E-state index in [-0.39, 0.29) is 5.82 Å². The third kappa shape index (κ3) is 1.65. The number of benzene rings is 1. The summed E-state index contributed by atoms with van der Waals surface area (Å²) < 4.78 is 4.56. The predicted molar refractivity (Wildman–Crippen MR) is 49.5 cm³/mol. The van der Waals surface area contributed by atoms with Crippen molar-refractivity contribution < 1.29 is 9.63 Å². The van der Waals surface area contributed by atoms with Gasteiger partial charge in [0, 0.05) is 0 Å². The molecule has 0 aliphatic rings. The fraction of sp³-hybridized carbons (Fsp3) is 0.200. The Labute approximate surface area is 81.2 Å². The van der Waals surface area contributed by atoms with Crippen LogP contribution in [0.25, 0.3) is 0 Å². The predicted octanol–water partition coefficient (Wildman–Crippen LogP) is 1.46. The SMILES string of the molecule is Cc1ccc(C(O)c2ncon2)cc1. The van der Waals surface area contributed by atoms with E-state index in [2.05, 4.69) is 14.7 Å². The number of aryl methyl sites for hydroxylation is 1. The minimum atomic E-state index is -0.811. The second kappa shape index (κ2) is 3.59.